The molecule has 0 saturated carbocycles. The first-order valence-electron chi connectivity index (χ1n) is 6.39. The molecule has 0 saturated heterocycles. The summed E-state index contributed by atoms with van der Waals surface area (Å²) >= 11 is 0. The zero-order valence-corrected chi connectivity index (χ0v) is 11.8. The highest BCUT2D eigenvalue weighted by Gasteiger charge is 2.12. The first-order valence-corrected chi connectivity index (χ1v) is 6.39. The van der Waals surface area contributed by atoms with Crippen molar-refractivity contribution >= 4 is 11.6 Å². The number of carbonyl (C=O) groups is 1. The Morgan fingerprint density at radius 1 is 1.25 bits per heavy atom. The van der Waals surface area contributed by atoms with Gasteiger partial charge in [0.25, 0.3) is 5.56 Å². The molecule has 20 heavy (non-hydrogen) atoms. The van der Waals surface area contributed by atoms with Crippen LogP contribution in [0.2, 0.25) is 0 Å². The number of nitrogens with one attached hydrogen (secondary N) is 2. The van der Waals surface area contributed by atoms with Gasteiger partial charge in [0.2, 0.25) is 5.91 Å². The van der Waals surface area contributed by atoms with Crippen LogP contribution in [0.15, 0.2) is 29.1 Å². The summed E-state index contributed by atoms with van der Waals surface area (Å²) in [6, 6.07) is 7.51. The van der Waals surface area contributed by atoms with Crippen LogP contribution in [0.3, 0.4) is 0 Å². The van der Waals surface area contributed by atoms with Crippen LogP contribution in [0.25, 0.3) is 0 Å². The Morgan fingerprint density at radius 3 is 2.60 bits per heavy atom. The van der Waals surface area contributed by atoms with Crippen molar-refractivity contribution in [3.8, 4) is 0 Å². The summed E-state index contributed by atoms with van der Waals surface area (Å²) in [5.41, 5.74) is 2.47. The second-order valence-electron chi connectivity index (χ2n) is 4.76. The van der Waals surface area contributed by atoms with Crippen LogP contribution in [-0.2, 0) is 11.2 Å². The molecule has 1 aromatic carbocycles. The second kappa shape index (κ2) is 5.69. The Labute approximate surface area is 117 Å². The van der Waals surface area contributed by atoms with E-state index in [1.807, 2.05) is 31.2 Å². The lowest BCUT2D eigenvalue weighted by Gasteiger charge is -2.09. The van der Waals surface area contributed by atoms with Gasteiger partial charge in [0.15, 0.2) is 0 Å². The molecule has 2 aromatic rings. The average molecular weight is 271 g/mol. The highest BCUT2D eigenvalue weighted by Crippen LogP contribution is 2.13. The molecule has 0 aliphatic rings. The zero-order chi connectivity index (χ0) is 14.7. The number of hydrogen-bond donors (Lipinski definition) is 2. The van der Waals surface area contributed by atoms with E-state index in [-0.39, 0.29) is 17.9 Å². The first kappa shape index (κ1) is 14.0. The highest BCUT2D eigenvalue weighted by molar-refractivity contribution is 5.93. The minimum atomic E-state index is -0.255. The predicted octanol–water partition coefficient (Wildman–Crippen LogP) is 1.88. The summed E-state index contributed by atoms with van der Waals surface area (Å²) in [5.74, 6) is 0.328. The fraction of sp³-hybridized carbons (Fsp3) is 0.267. The molecule has 0 aliphatic heterocycles. The lowest BCUT2D eigenvalue weighted by atomic mass is 10.1. The van der Waals surface area contributed by atoms with Crippen LogP contribution in [0.5, 0.6) is 0 Å². The molecule has 0 bridgehead atoms. The third-order valence-corrected chi connectivity index (χ3v) is 3.10. The van der Waals surface area contributed by atoms with Crippen molar-refractivity contribution in [2.45, 2.75) is 27.2 Å². The Bertz CT molecular complexity index is 705. The van der Waals surface area contributed by atoms with Crippen molar-refractivity contribution in [1.82, 2.24) is 9.97 Å². The fourth-order valence-corrected chi connectivity index (χ4v) is 2.03. The number of nitrogens with zero attached hydrogens (tertiary/aromatic N) is 1. The minimum Gasteiger partial charge on any atom is -0.326 e. The molecule has 104 valence electrons. The molecule has 1 heterocycles. The fourth-order valence-electron chi connectivity index (χ4n) is 2.03. The Kier molecular flexibility index (Phi) is 3.98. The molecule has 5 heteroatoms. The van der Waals surface area contributed by atoms with Crippen LogP contribution in [0, 0.1) is 20.8 Å². The molecular formula is C15H17N3O2. The Hall–Kier alpha value is -2.43. The first-order chi connectivity index (χ1) is 9.47. The predicted molar refractivity (Wildman–Crippen MR) is 77.8 cm³/mol. The van der Waals surface area contributed by atoms with Crippen LogP contribution in [-0.4, -0.2) is 15.9 Å². The van der Waals surface area contributed by atoms with Gasteiger partial charge in [-0.15, -0.1) is 0 Å². The van der Waals surface area contributed by atoms with Crippen molar-refractivity contribution in [1.29, 1.82) is 0 Å². The van der Waals surface area contributed by atoms with E-state index in [0.29, 0.717) is 17.1 Å². The molecule has 5 nitrogen and oxygen atoms in total. The van der Waals surface area contributed by atoms with Gasteiger partial charge in [-0.1, -0.05) is 18.2 Å². The molecule has 0 atom stereocenters. The largest absolute Gasteiger partial charge is 0.326 e. The molecule has 1 amide bonds. The van der Waals surface area contributed by atoms with E-state index in [1.165, 1.54) is 0 Å². The maximum absolute atomic E-state index is 12.0. The Balaban J connectivity index is 2.17. The number of carbonyl (C=O) groups excluding carboxylic acids is 1. The maximum Gasteiger partial charge on any atom is 0.254 e. The van der Waals surface area contributed by atoms with Gasteiger partial charge in [-0.3, -0.25) is 9.59 Å². The quantitative estimate of drug-likeness (QED) is 0.895. The zero-order valence-electron chi connectivity index (χ0n) is 11.8. The highest BCUT2D eigenvalue weighted by atomic mass is 16.2. The topological polar surface area (TPSA) is 74.8 Å². The van der Waals surface area contributed by atoms with Crippen molar-refractivity contribution in [2.24, 2.45) is 0 Å². The monoisotopic (exact) mass is 271 g/mol. The number of amides is 1. The number of anilines is 1. The number of rotatable bonds is 3. The summed E-state index contributed by atoms with van der Waals surface area (Å²) in [5, 5.41) is 2.81. The van der Waals surface area contributed by atoms with E-state index >= 15 is 0 Å². The standard InChI is InChI=1S/C15H17N3O2/c1-9-6-4-5-7-13(9)18-14(19)8-12-10(2)16-11(3)17-15(12)20/h4-7H,8H2,1-3H3,(H,18,19)(H,16,17,20). The maximum atomic E-state index is 12.0. The SMILES string of the molecule is Cc1nc(C)c(CC(=O)Nc2ccccc2C)c(=O)[nH]1. The van der Waals surface area contributed by atoms with Crippen molar-refractivity contribution in [2.75, 3.05) is 5.32 Å². The molecular weight excluding hydrogens is 254 g/mol. The van der Waals surface area contributed by atoms with Gasteiger partial charge in [-0.2, -0.15) is 0 Å². The number of aromatic amines is 1. The molecule has 0 fully saturated rings. The number of para-hydroxylation sites is 1. The summed E-state index contributed by atoms with van der Waals surface area (Å²) in [6.45, 7) is 5.37. The molecule has 0 spiro atoms. The molecule has 2 N–H and O–H groups in total. The van der Waals surface area contributed by atoms with E-state index < -0.39 is 0 Å². The van der Waals surface area contributed by atoms with Crippen molar-refractivity contribution in [3.63, 3.8) is 0 Å². The number of aryl methyl sites for hydroxylation is 3. The smallest absolute Gasteiger partial charge is 0.254 e. The van der Waals surface area contributed by atoms with E-state index in [4.69, 9.17) is 0 Å². The second-order valence-corrected chi connectivity index (χ2v) is 4.76. The summed E-state index contributed by atoms with van der Waals surface area (Å²) in [7, 11) is 0. The van der Waals surface area contributed by atoms with Crippen molar-refractivity contribution < 1.29 is 4.79 Å². The number of H-pyrrole nitrogens is 1. The molecule has 1 aromatic heterocycles. The summed E-state index contributed by atoms with van der Waals surface area (Å²) < 4.78 is 0. The van der Waals surface area contributed by atoms with E-state index in [9.17, 15) is 9.59 Å². The Morgan fingerprint density at radius 2 is 1.95 bits per heavy atom. The lowest BCUT2D eigenvalue weighted by molar-refractivity contribution is -0.115. The number of benzene rings is 1. The van der Waals surface area contributed by atoms with Gasteiger partial charge in [-0.25, -0.2) is 4.98 Å². The van der Waals surface area contributed by atoms with Crippen LogP contribution in [0.1, 0.15) is 22.6 Å². The van der Waals surface area contributed by atoms with Crippen molar-refractivity contribution in [3.05, 3.63) is 57.3 Å². The number of aromatic nitrogens is 2. The van der Waals surface area contributed by atoms with E-state index in [2.05, 4.69) is 15.3 Å². The third kappa shape index (κ3) is 3.12. The molecule has 2 rings (SSSR count). The van der Waals surface area contributed by atoms with E-state index in [1.54, 1.807) is 13.8 Å². The van der Waals surface area contributed by atoms with Crippen LogP contribution < -0.4 is 10.9 Å². The van der Waals surface area contributed by atoms with Gasteiger partial charge in [0.1, 0.15) is 5.82 Å². The molecule has 0 radical (unpaired) electrons. The van der Waals surface area contributed by atoms with Crippen LogP contribution >= 0.6 is 0 Å². The van der Waals surface area contributed by atoms with Crippen LogP contribution in [0.4, 0.5) is 5.69 Å². The lowest BCUT2D eigenvalue weighted by Crippen LogP contribution is -2.24. The average Bonchev–Trinajstić information content (AvgIpc) is 2.36. The van der Waals surface area contributed by atoms with Gasteiger partial charge >= 0.3 is 0 Å². The van der Waals surface area contributed by atoms with E-state index in [0.717, 1.165) is 11.3 Å². The summed E-state index contributed by atoms with van der Waals surface area (Å²) in [4.78, 5) is 30.7. The van der Waals surface area contributed by atoms with Gasteiger partial charge in [-0.05, 0) is 32.4 Å². The van der Waals surface area contributed by atoms with Gasteiger partial charge in [0, 0.05) is 16.9 Å². The minimum absolute atomic E-state index is 0.0166. The van der Waals surface area contributed by atoms with Gasteiger partial charge in [0.05, 0.1) is 6.42 Å². The third-order valence-electron chi connectivity index (χ3n) is 3.10. The number of hydrogen-bond acceptors (Lipinski definition) is 3. The molecule has 0 aliphatic carbocycles. The molecule has 0 unspecified atom stereocenters. The summed E-state index contributed by atoms with van der Waals surface area (Å²) in [6.07, 6.45) is 0.0166. The normalized spacial score (nSPS) is 10.3. The van der Waals surface area contributed by atoms with Gasteiger partial charge < -0.3 is 10.3 Å².